The molecule has 2 aliphatic rings. The van der Waals surface area contributed by atoms with Gasteiger partial charge in [-0.3, -0.25) is 4.90 Å². The summed E-state index contributed by atoms with van der Waals surface area (Å²) in [5, 5.41) is 0. The Bertz CT molecular complexity index is 243. The second-order valence-corrected chi connectivity index (χ2v) is 5.42. The molecule has 2 rings (SSSR count). The number of ether oxygens (including phenoxy) is 1. The summed E-state index contributed by atoms with van der Waals surface area (Å²) in [7, 11) is 0. The Morgan fingerprint density at radius 1 is 1.47 bits per heavy atom. The van der Waals surface area contributed by atoms with E-state index in [0.29, 0.717) is 11.0 Å². The molecule has 0 saturated carbocycles. The molecule has 0 aromatic heterocycles. The van der Waals surface area contributed by atoms with Gasteiger partial charge in [0.25, 0.3) is 0 Å². The average molecular weight is 228 g/mol. The molecule has 0 aliphatic carbocycles. The fourth-order valence-electron chi connectivity index (χ4n) is 2.44. The van der Waals surface area contributed by atoms with Crippen LogP contribution in [0.3, 0.4) is 0 Å². The van der Waals surface area contributed by atoms with Gasteiger partial charge in [-0.2, -0.15) is 0 Å². The minimum absolute atomic E-state index is 0.0886. The van der Waals surface area contributed by atoms with Crippen LogP contribution in [0.5, 0.6) is 0 Å². The van der Waals surface area contributed by atoms with E-state index in [0.717, 1.165) is 39.1 Å². The Hall–Kier alpha value is -0.190. The molecule has 2 fully saturated rings. The van der Waals surface area contributed by atoms with Gasteiger partial charge < -0.3 is 10.5 Å². The number of piperidine rings is 1. The molecule has 2 heterocycles. The number of thiocarbonyl (C=S) groups is 1. The minimum atomic E-state index is 0.0886. The highest BCUT2D eigenvalue weighted by Gasteiger charge is 2.35. The third kappa shape index (κ3) is 2.32. The fourth-order valence-corrected chi connectivity index (χ4v) is 2.64. The molecule has 2 saturated heterocycles. The van der Waals surface area contributed by atoms with Crippen molar-refractivity contribution < 1.29 is 4.74 Å². The molecular formula is C11H20N2OS. The third-order valence-electron chi connectivity index (χ3n) is 3.92. The largest absolute Gasteiger partial charge is 0.393 e. The van der Waals surface area contributed by atoms with Crippen molar-refractivity contribution in [2.75, 3.05) is 26.3 Å². The van der Waals surface area contributed by atoms with Gasteiger partial charge in [0, 0.05) is 18.1 Å². The number of nitrogens with two attached hydrogens (primary N) is 1. The van der Waals surface area contributed by atoms with E-state index in [-0.39, 0.29) is 5.41 Å². The summed E-state index contributed by atoms with van der Waals surface area (Å²) in [6.45, 7) is 6.25. The van der Waals surface area contributed by atoms with E-state index < -0.39 is 0 Å². The lowest BCUT2D eigenvalue weighted by molar-refractivity contribution is 0.0999. The van der Waals surface area contributed by atoms with Crippen molar-refractivity contribution >= 4 is 17.2 Å². The molecule has 3 nitrogen and oxygen atoms in total. The van der Waals surface area contributed by atoms with Crippen LogP contribution in [0.15, 0.2) is 0 Å². The molecule has 4 heteroatoms. The van der Waals surface area contributed by atoms with E-state index in [2.05, 4.69) is 11.8 Å². The van der Waals surface area contributed by atoms with Crippen LogP contribution in [-0.2, 0) is 4.74 Å². The van der Waals surface area contributed by atoms with Gasteiger partial charge in [0.2, 0.25) is 0 Å². The summed E-state index contributed by atoms with van der Waals surface area (Å²) in [4.78, 5) is 3.22. The summed E-state index contributed by atoms with van der Waals surface area (Å²) < 4.78 is 5.42. The van der Waals surface area contributed by atoms with Crippen molar-refractivity contribution in [1.82, 2.24) is 4.90 Å². The van der Waals surface area contributed by atoms with Gasteiger partial charge >= 0.3 is 0 Å². The molecule has 0 amide bonds. The third-order valence-corrected chi connectivity index (χ3v) is 4.41. The van der Waals surface area contributed by atoms with Crippen molar-refractivity contribution in [3.8, 4) is 0 Å². The van der Waals surface area contributed by atoms with E-state index in [4.69, 9.17) is 22.7 Å². The molecular weight excluding hydrogens is 208 g/mol. The van der Waals surface area contributed by atoms with Gasteiger partial charge in [0.15, 0.2) is 0 Å². The van der Waals surface area contributed by atoms with Crippen LogP contribution >= 0.6 is 12.2 Å². The molecule has 0 spiro atoms. The molecule has 15 heavy (non-hydrogen) atoms. The molecule has 2 N–H and O–H groups in total. The summed E-state index contributed by atoms with van der Waals surface area (Å²) in [6.07, 6.45) is 3.38. The molecule has 86 valence electrons. The highest BCUT2D eigenvalue weighted by atomic mass is 32.1. The smallest absolute Gasteiger partial charge is 0.0788 e. The van der Waals surface area contributed by atoms with E-state index >= 15 is 0 Å². The van der Waals surface area contributed by atoms with Crippen LogP contribution in [0.1, 0.15) is 26.2 Å². The van der Waals surface area contributed by atoms with Crippen LogP contribution in [0.25, 0.3) is 0 Å². The Labute approximate surface area is 96.9 Å². The normalized spacial score (nSPS) is 31.7. The average Bonchev–Trinajstić information content (AvgIpc) is 2.72. The van der Waals surface area contributed by atoms with Crippen molar-refractivity contribution in [2.45, 2.75) is 32.2 Å². The summed E-state index contributed by atoms with van der Waals surface area (Å²) in [6, 6.07) is 0.640. The summed E-state index contributed by atoms with van der Waals surface area (Å²) >= 11 is 5.14. The van der Waals surface area contributed by atoms with Gasteiger partial charge in [-0.1, -0.05) is 19.1 Å². The maximum atomic E-state index is 5.79. The fraction of sp³-hybridized carbons (Fsp3) is 0.909. The van der Waals surface area contributed by atoms with Crippen molar-refractivity contribution in [3.63, 3.8) is 0 Å². The quantitative estimate of drug-likeness (QED) is 0.720. The van der Waals surface area contributed by atoms with Gasteiger partial charge in [-0.15, -0.1) is 0 Å². The monoisotopic (exact) mass is 228 g/mol. The van der Waals surface area contributed by atoms with E-state index in [1.54, 1.807) is 0 Å². The molecule has 1 atom stereocenters. The molecule has 0 bridgehead atoms. The van der Waals surface area contributed by atoms with Crippen LogP contribution < -0.4 is 5.73 Å². The van der Waals surface area contributed by atoms with Gasteiger partial charge in [-0.25, -0.2) is 0 Å². The van der Waals surface area contributed by atoms with Gasteiger partial charge in [-0.05, 0) is 32.4 Å². The maximum Gasteiger partial charge on any atom is 0.0788 e. The zero-order valence-electron chi connectivity index (χ0n) is 9.37. The molecule has 1 unspecified atom stereocenters. The van der Waals surface area contributed by atoms with Gasteiger partial charge in [0.1, 0.15) is 0 Å². The number of hydrogen-bond donors (Lipinski definition) is 1. The standard InChI is InChI=1S/C11H20N2OS/c1-11(10(12)15)3-5-13(6-4-11)9-2-7-14-8-9/h9H,2-8H2,1H3,(H2,12,15). The summed E-state index contributed by atoms with van der Waals surface area (Å²) in [5.41, 5.74) is 5.88. The zero-order chi connectivity index (χ0) is 10.9. The maximum absolute atomic E-state index is 5.79. The topological polar surface area (TPSA) is 38.5 Å². The molecule has 0 aromatic rings. The highest BCUT2D eigenvalue weighted by Crippen LogP contribution is 2.32. The number of nitrogens with zero attached hydrogens (tertiary/aromatic N) is 1. The van der Waals surface area contributed by atoms with Crippen molar-refractivity contribution in [1.29, 1.82) is 0 Å². The van der Waals surface area contributed by atoms with Crippen molar-refractivity contribution in [3.05, 3.63) is 0 Å². The number of hydrogen-bond acceptors (Lipinski definition) is 3. The predicted molar refractivity (Wildman–Crippen MR) is 64.9 cm³/mol. The summed E-state index contributed by atoms with van der Waals surface area (Å²) in [5.74, 6) is 0. The lowest BCUT2D eigenvalue weighted by Crippen LogP contribution is -2.48. The minimum Gasteiger partial charge on any atom is -0.393 e. The van der Waals surface area contributed by atoms with Crippen LogP contribution in [0.2, 0.25) is 0 Å². The molecule has 0 radical (unpaired) electrons. The number of likely N-dealkylation sites (tertiary alicyclic amines) is 1. The van der Waals surface area contributed by atoms with Crippen molar-refractivity contribution in [2.24, 2.45) is 11.1 Å². The Balaban J connectivity index is 1.88. The number of rotatable bonds is 2. The zero-order valence-corrected chi connectivity index (χ0v) is 10.2. The van der Waals surface area contributed by atoms with E-state index in [1.165, 1.54) is 6.42 Å². The lowest BCUT2D eigenvalue weighted by atomic mass is 9.80. The molecule has 0 aromatic carbocycles. The van der Waals surface area contributed by atoms with Crippen LogP contribution in [0, 0.1) is 5.41 Å². The SMILES string of the molecule is CC1(C(N)=S)CCN(C2CCOC2)CC1. The Morgan fingerprint density at radius 2 is 2.13 bits per heavy atom. The predicted octanol–water partition coefficient (Wildman–Crippen LogP) is 1.16. The first kappa shape index (κ1) is 11.3. The first-order chi connectivity index (χ1) is 7.12. The second-order valence-electron chi connectivity index (χ2n) is 4.98. The Kier molecular flexibility index (Phi) is 3.28. The van der Waals surface area contributed by atoms with E-state index in [9.17, 15) is 0 Å². The lowest BCUT2D eigenvalue weighted by Gasteiger charge is -2.40. The van der Waals surface area contributed by atoms with Crippen LogP contribution in [-0.4, -0.2) is 42.2 Å². The van der Waals surface area contributed by atoms with E-state index in [1.807, 2.05) is 0 Å². The first-order valence-electron chi connectivity index (χ1n) is 5.73. The first-order valence-corrected chi connectivity index (χ1v) is 6.14. The Morgan fingerprint density at radius 3 is 2.60 bits per heavy atom. The second kappa shape index (κ2) is 4.36. The molecule has 2 aliphatic heterocycles. The van der Waals surface area contributed by atoms with Gasteiger partial charge in [0.05, 0.1) is 11.6 Å². The highest BCUT2D eigenvalue weighted by molar-refractivity contribution is 7.80. The van der Waals surface area contributed by atoms with Crippen LogP contribution in [0.4, 0.5) is 0 Å².